The lowest BCUT2D eigenvalue weighted by molar-refractivity contribution is -0.209. The maximum atomic E-state index is 11.6. The fourth-order valence-corrected chi connectivity index (χ4v) is 9.05. The molecule has 0 aromatic heterocycles. The van der Waals surface area contributed by atoms with Crippen LogP contribution < -0.4 is 5.73 Å². The van der Waals surface area contributed by atoms with E-state index in [0.29, 0.717) is 43.2 Å². The molecule has 4 fully saturated rings. The zero-order valence-electron chi connectivity index (χ0n) is 20.2. The third-order valence-electron chi connectivity index (χ3n) is 10.8. The summed E-state index contributed by atoms with van der Waals surface area (Å²) in [6.07, 6.45) is 7.18. The molecule has 0 heterocycles. The standard InChI is InChI=1S/C26H45NO5/c1-15(4-7-23(30)31)18-5-6-19-24-20(14-22(29)26(18,19)3)25(2)9-8-17(32-11-10-27)12-16(25)13-21(24)28/h15-22,24,28-29H,4-14,27H2,1-3H3,(H,30,31)/t15-,16+,17+,18-,19+,20+,21-,22+,24+,25+,26-/m1/s1. The third kappa shape index (κ3) is 3.93. The van der Waals surface area contributed by atoms with Crippen molar-refractivity contribution in [3.05, 3.63) is 0 Å². The van der Waals surface area contributed by atoms with E-state index >= 15 is 0 Å². The number of carboxylic acids is 1. The third-order valence-corrected chi connectivity index (χ3v) is 10.8. The number of aliphatic hydroxyl groups is 2. The van der Waals surface area contributed by atoms with Crippen molar-refractivity contribution in [2.24, 2.45) is 52.1 Å². The SMILES string of the molecule is C[C@H](CCC(=O)O)[C@H]1CC[C@H]2[C@@H]3[C@H](O)C[C@@H]4C[C@@H](OCCN)CC[C@]4(C)[C@H]3C[C@H](O)[C@]12C. The Morgan fingerprint density at radius 2 is 1.88 bits per heavy atom. The molecule has 0 radical (unpaired) electrons. The summed E-state index contributed by atoms with van der Waals surface area (Å²) in [5, 5.41) is 32.2. The van der Waals surface area contributed by atoms with Gasteiger partial charge in [-0.3, -0.25) is 4.79 Å². The molecule has 4 aliphatic rings. The Hall–Kier alpha value is -0.690. The Balaban J connectivity index is 1.54. The van der Waals surface area contributed by atoms with E-state index in [0.717, 1.165) is 44.9 Å². The number of nitrogens with two attached hydrogens (primary N) is 1. The van der Waals surface area contributed by atoms with E-state index < -0.39 is 5.97 Å². The summed E-state index contributed by atoms with van der Waals surface area (Å²) in [6, 6.07) is 0. The summed E-state index contributed by atoms with van der Waals surface area (Å²) in [7, 11) is 0. The number of hydrogen-bond donors (Lipinski definition) is 4. The molecule has 0 aromatic carbocycles. The molecular formula is C26H45NO5. The Labute approximate surface area is 193 Å². The lowest BCUT2D eigenvalue weighted by Crippen LogP contribution is -2.62. The van der Waals surface area contributed by atoms with Crippen molar-refractivity contribution in [3.63, 3.8) is 0 Å². The van der Waals surface area contributed by atoms with Crippen LogP contribution in [0.2, 0.25) is 0 Å². The Morgan fingerprint density at radius 3 is 2.56 bits per heavy atom. The van der Waals surface area contributed by atoms with Gasteiger partial charge in [-0.25, -0.2) is 0 Å². The van der Waals surface area contributed by atoms with Gasteiger partial charge in [0.1, 0.15) is 0 Å². The van der Waals surface area contributed by atoms with Crippen LogP contribution in [0.3, 0.4) is 0 Å². The van der Waals surface area contributed by atoms with Crippen molar-refractivity contribution in [3.8, 4) is 0 Å². The van der Waals surface area contributed by atoms with Gasteiger partial charge in [-0.1, -0.05) is 20.8 Å². The van der Waals surface area contributed by atoms with Crippen LogP contribution in [0.25, 0.3) is 0 Å². The quantitative estimate of drug-likeness (QED) is 0.472. The first-order chi connectivity index (χ1) is 15.1. The van der Waals surface area contributed by atoms with Crippen LogP contribution in [0.15, 0.2) is 0 Å². The highest BCUT2D eigenvalue weighted by atomic mass is 16.5. The van der Waals surface area contributed by atoms with E-state index in [1.807, 2.05) is 0 Å². The zero-order chi connectivity index (χ0) is 23.3. The van der Waals surface area contributed by atoms with Gasteiger partial charge in [0.05, 0.1) is 24.9 Å². The average molecular weight is 452 g/mol. The summed E-state index contributed by atoms with van der Waals surface area (Å²) in [5.41, 5.74) is 5.54. The Kier molecular flexibility index (Phi) is 7.00. The number of fused-ring (bicyclic) bond motifs is 5. The normalized spacial score (nSPS) is 49.1. The number of aliphatic hydroxyl groups excluding tert-OH is 2. The molecule has 0 spiro atoms. The highest BCUT2D eigenvalue weighted by Gasteiger charge is 2.65. The molecular weight excluding hydrogens is 406 g/mol. The summed E-state index contributed by atoms with van der Waals surface area (Å²) in [6.45, 7) is 7.97. The maximum absolute atomic E-state index is 11.6. The molecule has 4 saturated carbocycles. The van der Waals surface area contributed by atoms with Gasteiger partial charge in [0.25, 0.3) is 0 Å². The molecule has 11 atom stereocenters. The molecule has 32 heavy (non-hydrogen) atoms. The van der Waals surface area contributed by atoms with Gasteiger partial charge in [-0.2, -0.15) is 0 Å². The molecule has 0 aromatic rings. The number of aliphatic carboxylic acids is 1. The van der Waals surface area contributed by atoms with Gasteiger partial charge in [0.2, 0.25) is 0 Å². The molecule has 4 rings (SSSR count). The van der Waals surface area contributed by atoms with Crippen LogP contribution in [0.1, 0.15) is 78.6 Å². The molecule has 6 nitrogen and oxygen atoms in total. The van der Waals surface area contributed by atoms with E-state index in [1.165, 1.54) is 0 Å². The van der Waals surface area contributed by atoms with Gasteiger partial charge < -0.3 is 25.8 Å². The highest BCUT2D eigenvalue weighted by molar-refractivity contribution is 5.66. The first-order valence-corrected chi connectivity index (χ1v) is 13.0. The second kappa shape index (κ2) is 9.16. The van der Waals surface area contributed by atoms with Crippen molar-refractivity contribution >= 4 is 5.97 Å². The minimum absolute atomic E-state index is 0.141. The van der Waals surface area contributed by atoms with E-state index in [1.54, 1.807) is 0 Å². The number of rotatable bonds is 7. The van der Waals surface area contributed by atoms with Gasteiger partial charge in [0.15, 0.2) is 0 Å². The van der Waals surface area contributed by atoms with Crippen molar-refractivity contribution in [2.75, 3.05) is 13.2 Å². The summed E-state index contributed by atoms with van der Waals surface area (Å²) >= 11 is 0. The second-order valence-electron chi connectivity index (χ2n) is 12.1. The van der Waals surface area contributed by atoms with Crippen LogP contribution in [0, 0.1) is 46.3 Å². The monoisotopic (exact) mass is 451 g/mol. The van der Waals surface area contributed by atoms with Gasteiger partial charge in [-0.15, -0.1) is 0 Å². The molecule has 0 saturated heterocycles. The first kappa shape index (κ1) is 24.4. The Morgan fingerprint density at radius 1 is 1.12 bits per heavy atom. The average Bonchev–Trinajstić information content (AvgIpc) is 3.10. The Bertz CT molecular complexity index is 687. The molecule has 0 unspecified atom stereocenters. The van der Waals surface area contributed by atoms with Crippen LogP contribution in [0.4, 0.5) is 0 Å². The van der Waals surface area contributed by atoms with Crippen molar-refractivity contribution in [2.45, 2.75) is 96.9 Å². The van der Waals surface area contributed by atoms with Crippen LogP contribution >= 0.6 is 0 Å². The van der Waals surface area contributed by atoms with E-state index in [9.17, 15) is 15.0 Å². The predicted octanol–water partition coefficient (Wildman–Crippen LogP) is 3.43. The fourth-order valence-electron chi connectivity index (χ4n) is 9.05. The van der Waals surface area contributed by atoms with E-state index in [-0.39, 0.29) is 47.4 Å². The topological polar surface area (TPSA) is 113 Å². The smallest absolute Gasteiger partial charge is 0.303 e. The molecule has 6 heteroatoms. The van der Waals surface area contributed by atoms with E-state index in [4.69, 9.17) is 15.6 Å². The van der Waals surface area contributed by atoms with Gasteiger partial charge in [0, 0.05) is 13.0 Å². The lowest BCUT2D eigenvalue weighted by Gasteiger charge is -2.63. The van der Waals surface area contributed by atoms with Crippen LogP contribution in [0.5, 0.6) is 0 Å². The van der Waals surface area contributed by atoms with Crippen LogP contribution in [-0.4, -0.2) is 52.8 Å². The lowest BCUT2D eigenvalue weighted by atomic mass is 9.43. The van der Waals surface area contributed by atoms with Crippen molar-refractivity contribution in [1.29, 1.82) is 0 Å². The van der Waals surface area contributed by atoms with E-state index in [2.05, 4.69) is 20.8 Å². The van der Waals surface area contributed by atoms with Crippen molar-refractivity contribution < 1.29 is 24.9 Å². The minimum Gasteiger partial charge on any atom is -0.481 e. The number of carbonyl (C=O) groups is 1. The van der Waals surface area contributed by atoms with Gasteiger partial charge in [-0.05, 0) is 97.7 Å². The number of ether oxygens (including phenoxy) is 1. The highest BCUT2D eigenvalue weighted by Crippen LogP contribution is 2.68. The largest absolute Gasteiger partial charge is 0.481 e. The summed E-state index contributed by atoms with van der Waals surface area (Å²) in [5.74, 6) is 1.17. The summed E-state index contributed by atoms with van der Waals surface area (Å²) in [4.78, 5) is 11.1. The second-order valence-corrected chi connectivity index (χ2v) is 12.1. The minimum atomic E-state index is -0.742. The van der Waals surface area contributed by atoms with Crippen LogP contribution in [-0.2, 0) is 9.53 Å². The molecule has 0 bridgehead atoms. The number of carboxylic acid groups (broad SMARTS) is 1. The zero-order valence-corrected chi connectivity index (χ0v) is 20.2. The molecule has 0 aliphatic heterocycles. The predicted molar refractivity (Wildman–Crippen MR) is 123 cm³/mol. The molecule has 5 N–H and O–H groups in total. The first-order valence-electron chi connectivity index (χ1n) is 13.0. The number of hydrogen-bond acceptors (Lipinski definition) is 5. The van der Waals surface area contributed by atoms with Crippen molar-refractivity contribution in [1.82, 2.24) is 0 Å². The summed E-state index contributed by atoms with van der Waals surface area (Å²) < 4.78 is 5.99. The maximum Gasteiger partial charge on any atom is 0.303 e. The van der Waals surface area contributed by atoms with Gasteiger partial charge >= 0.3 is 5.97 Å². The molecule has 0 amide bonds. The fraction of sp³-hybridized carbons (Fsp3) is 0.962. The molecule has 184 valence electrons. The molecule has 4 aliphatic carbocycles.